The van der Waals surface area contributed by atoms with Crippen LogP contribution in [0.2, 0.25) is 0 Å². The van der Waals surface area contributed by atoms with Crippen molar-refractivity contribution in [2.24, 2.45) is 16.4 Å². The van der Waals surface area contributed by atoms with Crippen LogP contribution in [0.1, 0.15) is 40.0 Å². The monoisotopic (exact) mass is 318 g/mol. The lowest BCUT2D eigenvalue weighted by molar-refractivity contribution is -0.123. The smallest absolute Gasteiger partial charge is 0.277 e. The third kappa shape index (κ3) is 5.58. The molecule has 1 atom stereocenters. The topological polar surface area (TPSA) is 59.9 Å². The Morgan fingerprint density at radius 1 is 1.30 bits per heavy atom. The third-order valence-electron chi connectivity index (χ3n) is 3.94. The van der Waals surface area contributed by atoms with E-state index in [0.29, 0.717) is 11.7 Å². The molecule has 0 bridgehead atoms. The van der Waals surface area contributed by atoms with E-state index in [1.807, 2.05) is 0 Å². The minimum atomic E-state index is -0.246. The Hall–Kier alpha value is -2.04. The molecule has 0 radical (unpaired) electrons. The maximum absolute atomic E-state index is 11.9. The molecule has 0 spiro atoms. The summed E-state index contributed by atoms with van der Waals surface area (Å²) in [5, 5.41) is 4.29. The average molecular weight is 318 g/mol. The molecule has 1 amide bonds. The molecular weight excluding hydrogens is 292 g/mol. The van der Waals surface area contributed by atoms with E-state index in [4.69, 9.17) is 9.47 Å². The molecule has 0 aliphatic heterocycles. The zero-order valence-corrected chi connectivity index (χ0v) is 14.4. The molecule has 2 rings (SSSR count). The van der Waals surface area contributed by atoms with E-state index in [1.165, 1.54) is 6.42 Å². The number of ether oxygens (including phenoxy) is 2. The molecule has 0 saturated heterocycles. The number of benzene rings is 1. The van der Waals surface area contributed by atoms with Crippen LogP contribution in [0, 0.1) is 11.3 Å². The van der Waals surface area contributed by atoms with Gasteiger partial charge < -0.3 is 9.47 Å². The normalized spacial score (nSPS) is 21.7. The Labute approximate surface area is 138 Å². The van der Waals surface area contributed by atoms with Gasteiger partial charge in [-0.25, -0.2) is 5.43 Å². The maximum Gasteiger partial charge on any atom is 0.277 e. The van der Waals surface area contributed by atoms with Gasteiger partial charge in [-0.3, -0.25) is 4.79 Å². The first kappa shape index (κ1) is 17.3. The second kappa shape index (κ2) is 7.49. The highest BCUT2D eigenvalue weighted by molar-refractivity contribution is 5.87. The molecule has 1 saturated carbocycles. The summed E-state index contributed by atoms with van der Waals surface area (Å²) < 4.78 is 10.5. The van der Waals surface area contributed by atoms with Crippen molar-refractivity contribution in [2.75, 3.05) is 13.7 Å². The van der Waals surface area contributed by atoms with E-state index >= 15 is 0 Å². The minimum absolute atomic E-state index is 0.0535. The van der Waals surface area contributed by atoms with E-state index in [2.05, 4.69) is 31.3 Å². The molecule has 23 heavy (non-hydrogen) atoms. The quantitative estimate of drug-likeness (QED) is 0.847. The summed E-state index contributed by atoms with van der Waals surface area (Å²) >= 11 is 0. The SMILES string of the molecule is COc1ccc(OCC(=O)N/N=C2/CC(C)CC(C)(C)C2)cc1. The van der Waals surface area contributed by atoms with Crippen LogP contribution in [-0.2, 0) is 4.79 Å². The van der Waals surface area contributed by atoms with Crippen molar-refractivity contribution in [2.45, 2.75) is 40.0 Å². The van der Waals surface area contributed by atoms with Gasteiger partial charge in [0.05, 0.1) is 7.11 Å². The standard InChI is InChI=1S/C18H26N2O3/c1-13-9-14(11-18(2,3)10-13)19-20-17(21)12-23-16-7-5-15(22-4)6-8-16/h5-8,13H,9-12H2,1-4H3,(H,20,21)/b19-14-. The van der Waals surface area contributed by atoms with Crippen LogP contribution in [0.25, 0.3) is 0 Å². The van der Waals surface area contributed by atoms with Crippen molar-refractivity contribution in [3.8, 4) is 11.5 Å². The molecule has 0 heterocycles. The largest absolute Gasteiger partial charge is 0.497 e. The molecular formula is C18H26N2O3. The molecule has 1 unspecified atom stereocenters. The first-order valence-corrected chi connectivity index (χ1v) is 7.99. The van der Waals surface area contributed by atoms with Gasteiger partial charge in [-0.2, -0.15) is 5.10 Å². The number of hydrogen-bond donors (Lipinski definition) is 1. The van der Waals surface area contributed by atoms with E-state index in [9.17, 15) is 4.79 Å². The molecule has 1 aromatic carbocycles. The first-order valence-electron chi connectivity index (χ1n) is 7.99. The Balaban J connectivity index is 1.81. The van der Waals surface area contributed by atoms with Crippen LogP contribution in [0.15, 0.2) is 29.4 Å². The number of methoxy groups -OCH3 is 1. The van der Waals surface area contributed by atoms with Crippen LogP contribution in [-0.4, -0.2) is 25.3 Å². The molecule has 0 aromatic heterocycles. The number of rotatable bonds is 5. The zero-order valence-electron chi connectivity index (χ0n) is 14.4. The van der Waals surface area contributed by atoms with E-state index in [-0.39, 0.29) is 17.9 Å². The second-order valence-electron chi connectivity index (χ2n) is 7.03. The van der Waals surface area contributed by atoms with Crippen LogP contribution < -0.4 is 14.9 Å². The number of amides is 1. The Morgan fingerprint density at radius 3 is 2.57 bits per heavy atom. The van der Waals surface area contributed by atoms with Crippen molar-refractivity contribution >= 4 is 11.6 Å². The predicted molar refractivity (Wildman–Crippen MR) is 90.9 cm³/mol. The highest BCUT2D eigenvalue weighted by Crippen LogP contribution is 2.36. The lowest BCUT2D eigenvalue weighted by Gasteiger charge is -2.34. The third-order valence-corrected chi connectivity index (χ3v) is 3.94. The van der Waals surface area contributed by atoms with Gasteiger partial charge in [0.1, 0.15) is 11.5 Å². The number of carbonyl (C=O) groups excluding carboxylic acids is 1. The lowest BCUT2D eigenvalue weighted by atomic mass is 9.72. The lowest BCUT2D eigenvalue weighted by Crippen LogP contribution is -2.31. The van der Waals surface area contributed by atoms with Crippen molar-refractivity contribution in [1.29, 1.82) is 0 Å². The first-order chi connectivity index (χ1) is 10.9. The van der Waals surface area contributed by atoms with Crippen molar-refractivity contribution < 1.29 is 14.3 Å². The van der Waals surface area contributed by atoms with Gasteiger partial charge in [0.2, 0.25) is 0 Å². The van der Waals surface area contributed by atoms with Gasteiger partial charge in [-0.05, 0) is 54.9 Å². The maximum atomic E-state index is 11.9. The number of nitrogens with one attached hydrogen (secondary N) is 1. The fourth-order valence-electron chi connectivity index (χ4n) is 3.19. The molecule has 1 aliphatic rings. The van der Waals surface area contributed by atoms with E-state index < -0.39 is 0 Å². The van der Waals surface area contributed by atoms with Crippen molar-refractivity contribution in [1.82, 2.24) is 5.43 Å². The van der Waals surface area contributed by atoms with Gasteiger partial charge in [-0.1, -0.05) is 20.8 Å². The Bertz CT molecular complexity index is 564. The summed E-state index contributed by atoms with van der Waals surface area (Å²) in [6, 6.07) is 7.12. The van der Waals surface area contributed by atoms with Crippen LogP contribution in [0.4, 0.5) is 0 Å². The van der Waals surface area contributed by atoms with Crippen LogP contribution >= 0.6 is 0 Å². The van der Waals surface area contributed by atoms with Gasteiger partial charge in [0.25, 0.3) is 5.91 Å². The van der Waals surface area contributed by atoms with E-state index in [0.717, 1.165) is 24.3 Å². The zero-order chi connectivity index (χ0) is 16.9. The molecule has 5 heteroatoms. The predicted octanol–water partition coefficient (Wildman–Crippen LogP) is 3.39. The molecule has 1 aliphatic carbocycles. The number of carbonyl (C=O) groups is 1. The summed E-state index contributed by atoms with van der Waals surface area (Å²) in [4.78, 5) is 11.9. The average Bonchev–Trinajstić information content (AvgIpc) is 2.49. The number of nitrogens with zero attached hydrogens (tertiary/aromatic N) is 1. The molecule has 126 valence electrons. The van der Waals surface area contributed by atoms with Gasteiger partial charge >= 0.3 is 0 Å². The van der Waals surface area contributed by atoms with Gasteiger partial charge in [-0.15, -0.1) is 0 Å². The van der Waals surface area contributed by atoms with Crippen molar-refractivity contribution in [3.63, 3.8) is 0 Å². The second-order valence-corrected chi connectivity index (χ2v) is 7.03. The molecule has 1 fully saturated rings. The Morgan fingerprint density at radius 2 is 1.96 bits per heavy atom. The number of hydrogen-bond acceptors (Lipinski definition) is 4. The highest BCUT2D eigenvalue weighted by Gasteiger charge is 2.29. The summed E-state index contributed by atoms with van der Waals surface area (Å²) in [6.07, 6.45) is 3.07. The Kier molecular flexibility index (Phi) is 5.64. The molecule has 1 N–H and O–H groups in total. The molecule has 5 nitrogen and oxygen atoms in total. The number of hydrazone groups is 1. The summed E-state index contributed by atoms with van der Waals surface area (Å²) in [5.41, 5.74) is 3.92. The minimum Gasteiger partial charge on any atom is -0.497 e. The van der Waals surface area contributed by atoms with Crippen LogP contribution in [0.5, 0.6) is 11.5 Å². The summed E-state index contributed by atoms with van der Waals surface area (Å²) in [7, 11) is 1.61. The van der Waals surface area contributed by atoms with E-state index in [1.54, 1.807) is 31.4 Å². The summed E-state index contributed by atoms with van der Waals surface area (Å²) in [6.45, 7) is 6.66. The molecule has 1 aromatic rings. The van der Waals surface area contributed by atoms with Crippen molar-refractivity contribution in [3.05, 3.63) is 24.3 Å². The highest BCUT2D eigenvalue weighted by atomic mass is 16.5. The summed E-state index contributed by atoms with van der Waals surface area (Å²) in [5.74, 6) is 1.73. The fourth-order valence-corrected chi connectivity index (χ4v) is 3.19. The van der Waals surface area contributed by atoms with Gasteiger partial charge in [0.15, 0.2) is 6.61 Å². The van der Waals surface area contributed by atoms with Crippen LogP contribution in [0.3, 0.4) is 0 Å². The van der Waals surface area contributed by atoms with Gasteiger partial charge in [0, 0.05) is 5.71 Å². The fraction of sp³-hybridized carbons (Fsp3) is 0.556.